The van der Waals surface area contributed by atoms with Gasteiger partial charge < -0.3 is 14.9 Å². The van der Waals surface area contributed by atoms with Crippen molar-refractivity contribution in [1.29, 1.82) is 0 Å². The van der Waals surface area contributed by atoms with E-state index in [1.807, 2.05) is 13.0 Å². The van der Waals surface area contributed by atoms with Gasteiger partial charge in [-0.3, -0.25) is 0 Å². The maximum Gasteiger partial charge on any atom is 0.227 e. The van der Waals surface area contributed by atoms with Crippen LogP contribution in [0.4, 0.5) is 10.3 Å². The Bertz CT molecular complexity index is 1150. The van der Waals surface area contributed by atoms with Crippen LogP contribution in [0.15, 0.2) is 41.3 Å². The lowest BCUT2D eigenvalue weighted by Crippen LogP contribution is -2.07. The number of furan rings is 1. The summed E-state index contributed by atoms with van der Waals surface area (Å²) in [5.41, 5.74) is 8.78. The van der Waals surface area contributed by atoms with E-state index in [1.54, 1.807) is 18.2 Å². The van der Waals surface area contributed by atoms with Gasteiger partial charge in [0.05, 0.1) is 22.4 Å². The molecule has 0 aliphatic rings. The zero-order valence-corrected chi connectivity index (χ0v) is 15.6. The van der Waals surface area contributed by atoms with Crippen LogP contribution in [-0.4, -0.2) is 33.2 Å². The van der Waals surface area contributed by atoms with Gasteiger partial charge in [-0.15, -0.1) is 0 Å². The SMILES string of the molecule is Cc1ncnc2c(Cl)cc(-c3c(OCCF)nc(N)nc3-c3ccco3)cc12. The molecule has 142 valence electrons. The third kappa shape index (κ3) is 3.22. The normalized spacial score (nSPS) is 11.1. The van der Waals surface area contributed by atoms with E-state index >= 15 is 0 Å². The molecule has 0 aliphatic carbocycles. The molecule has 4 aromatic rings. The van der Waals surface area contributed by atoms with Gasteiger partial charge in [0.2, 0.25) is 11.8 Å². The number of nitrogens with two attached hydrogens (primary N) is 1. The third-order valence-electron chi connectivity index (χ3n) is 4.14. The van der Waals surface area contributed by atoms with E-state index in [-0.39, 0.29) is 18.4 Å². The van der Waals surface area contributed by atoms with Gasteiger partial charge in [0.15, 0.2) is 5.76 Å². The fourth-order valence-corrected chi connectivity index (χ4v) is 3.21. The molecule has 9 heteroatoms. The van der Waals surface area contributed by atoms with Crippen LogP contribution in [0.5, 0.6) is 5.88 Å². The predicted molar refractivity (Wildman–Crippen MR) is 104 cm³/mol. The van der Waals surface area contributed by atoms with Crippen LogP contribution < -0.4 is 10.5 Å². The summed E-state index contributed by atoms with van der Waals surface area (Å²) in [6.45, 7) is 1.01. The summed E-state index contributed by atoms with van der Waals surface area (Å²) < 4.78 is 23.8. The number of anilines is 1. The van der Waals surface area contributed by atoms with Crippen molar-refractivity contribution in [2.45, 2.75) is 6.92 Å². The highest BCUT2D eigenvalue weighted by Crippen LogP contribution is 2.40. The van der Waals surface area contributed by atoms with Gasteiger partial charge in [0.1, 0.15) is 25.3 Å². The first-order valence-electron chi connectivity index (χ1n) is 8.40. The number of aryl methyl sites for hydroxylation is 1. The van der Waals surface area contributed by atoms with E-state index in [0.29, 0.717) is 33.1 Å². The van der Waals surface area contributed by atoms with Crippen molar-refractivity contribution in [3.63, 3.8) is 0 Å². The molecule has 0 saturated heterocycles. The number of alkyl halides is 1. The number of benzene rings is 1. The molecular weight excluding hydrogens is 385 g/mol. The minimum absolute atomic E-state index is 0.0181. The summed E-state index contributed by atoms with van der Waals surface area (Å²) in [6, 6.07) is 7.05. The Labute approximate surface area is 164 Å². The first-order chi connectivity index (χ1) is 13.6. The molecule has 0 saturated carbocycles. The van der Waals surface area contributed by atoms with Gasteiger partial charge in [0.25, 0.3) is 0 Å². The lowest BCUT2D eigenvalue weighted by Gasteiger charge is -2.15. The van der Waals surface area contributed by atoms with E-state index < -0.39 is 6.67 Å². The number of nitrogens with zero attached hydrogens (tertiary/aromatic N) is 4. The second-order valence-corrected chi connectivity index (χ2v) is 6.35. The Morgan fingerprint density at radius 2 is 2.11 bits per heavy atom. The highest BCUT2D eigenvalue weighted by molar-refractivity contribution is 6.35. The Morgan fingerprint density at radius 3 is 2.86 bits per heavy atom. The molecule has 0 atom stereocenters. The second kappa shape index (κ2) is 7.40. The van der Waals surface area contributed by atoms with Gasteiger partial charge in [-0.05, 0) is 36.8 Å². The van der Waals surface area contributed by atoms with Crippen molar-refractivity contribution in [2.75, 3.05) is 19.0 Å². The number of nitrogen functional groups attached to an aromatic ring is 1. The van der Waals surface area contributed by atoms with Crippen LogP contribution in [-0.2, 0) is 0 Å². The third-order valence-corrected chi connectivity index (χ3v) is 4.43. The molecule has 0 fully saturated rings. The summed E-state index contributed by atoms with van der Waals surface area (Å²) in [5.74, 6) is 0.586. The van der Waals surface area contributed by atoms with Crippen molar-refractivity contribution in [2.24, 2.45) is 0 Å². The molecule has 0 aliphatic heterocycles. The smallest absolute Gasteiger partial charge is 0.227 e. The lowest BCUT2D eigenvalue weighted by atomic mass is 10.0. The summed E-state index contributed by atoms with van der Waals surface area (Å²) in [6.07, 6.45) is 2.98. The van der Waals surface area contributed by atoms with Crippen molar-refractivity contribution >= 4 is 28.5 Å². The largest absolute Gasteiger partial charge is 0.474 e. The van der Waals surface area contributed by atoms with Crippen LogP contribution in [0.3, 0.4) is 0 Å². The first kappa shape index (κ1) is 18.1. The van der Waals surface area contributed by atoms with Crippen molar-refractivity contribution in [3.8, 4) is 28.5 Å². The molecule has 0 radical (unpaired) electrons. The molecule has 0 unspecified atom stereocenters. The zero-order valence-electron chi connectivity index (χ0n) is 14.8. The zero-order chi connectivity index (χ0) is 19.7. The molecule has 2 N–H and O–H groups in total. The van der Waals surface area contributed by atoms with Crippen LogP contribution in [0, 0.1) is 6.92 Å². The van der Waals surface area contributed by atoms with Gasteiger partial charge in [-0.2, -0.15) is 4.98 Å². The highest BCUT2D eigenvalue weighted by Gasteiger charge is 2.22. The van der Waals surface area contributed by atoms with Crippen molar-refractivity contribution < 1.29 is 13.5 Å². The van der Waals surface area contributed by atoms with E-state index in [4.69, 9.17) is 26.5 Å². The predicted octanol–water partition coefficient (Wildman–Crippen LogP) is 4.24. The van der Waals surface area contributed by atoms with E-state index in [9.17, 15) is 4.39 Å². The van der Waals surface area contributed by atoms with E-state index in [1.165, 1.54) is 12.6 Å². The van der Waals surface area contributed by atoms with Crippen LogP contribution >= 0.6 is 11.6 Å². The molecular formula is C19H15ClFN5O2. The van der Waals surface area contributed by atoms with Crippen molar-refractivity contribution in [3.05, 3.63) is 47.6 Å². The fraction of sp³-hybridized carbons (Fsp3) is 0.158. The minimum atomic E-state index is -0.676. The summed E-state index contributed by atoms with van der Waals surface area (Å²) >= 11 is 6.47. The van der Waals surface area contributed by atoms with Gasteiger partial charge >= 0.3 is 0 Å². The quantitative estimate of drug-likeness (QED) is 0.535. The monoisotopic (exact) mass is 399 g/mol. The second-order valence-electron chi connectivity index (χ2n) is 5.94. The molecule has 0 bridgehead atoms. The Kier molecular flexibility index (Phi) is 4.79. The van der Waals surface area contributed by atoms with Crippen molar-refractivity contribution in [1.82, 2.24) is 19.9 Å². The Hall–Kier alpha value is -3.26. The Morgan fingerprint density at radius 1 is 1.25 bits per heavy atom. The molecule has 0 amide bonds. The average molecular weight is 400 g/mol. The highest BCUT2D eigenvalue weighted by atomic mass is 35.5. The maximum absolute atomic E-state index is 12.8. The van der Waals surface area contributed by atoms with Crippen LogP contribution in [0.25, 0.3) is 33.5 Å². The molecule has 0 spiro atoms. The molecule has 28 heavy (non-hydrogen) atoms. The molecule has 4 rings (SSSR count). The van der Waals surface area contributed by atoms with Gasteiger partial charge in [-0.1, -0.05) is 11.6 Å². The van der Waals surface area contributed by atoms with E-state index in [2.05, 4.69) is 19.9 Å². The van der Waals surface area contributed by atoms with Gasteiger partial charge in [0, 0.05) is 11.1 Å². The number of halogens is 2. The number of hydrogen-bond donors (Lipinski definition) is 1. The fourth-order valence-electron chi connectivity index (χ4n) is 2.94. The number of aromatic nitrogens is 4. The molecule has 1 aromatic carbocycles. The van der Waals surface area contributed by atoms with Crippen LogP contribution in [0.2, 0.25) is 5.02 Å². The first-order valence-corrected chi connectivity index (χ1v) is 8.77. The number of ether oxygens (including phenoxy) is 1. The topological polar surface area (TPSA) is 100.0 Å². The Balaban J connectivity index is 2.03. The molecule has 7 nitrogen and oxygen atoms in total. The van der Waals surface area contributed by atoms with E-state index in [0.717, 1.165) is 11.1 Å². The summed E-state index contributed by atoms with van der Waals surface area (Å²) in [4.78, 5) is 16.9. The standard InChI is InChI=1S/C19H15ClFN5O2/c1-10-12-7-11(8-13(20)16(12)24-9-23-10)15-17(14-3-2-5-27-14)25-19(22)26-18(15)28-6-4-21/h2-3,5,7-9H,4,6H2,1H3,(H2,22,25,26). The van der Waals surface area contributed by atoms with Crippen LogP contribution in [0.1, 0.15) is 5.69 Å². The molecule has 3 aromatic heterocycles. The number of fused-ring (bicyclic) bond motifs is 1. The lowest BCUT2D eigenvalue weighted by molar-refractivity contribution is 0.265. The summed E-state index contributed by atoms with van der Waals surface area (Å²) in [5, 5.41) is 1.19. The minimum Gasteiger partial charge on any atom is -0.474 e. The average Bonchev–Trinajstić information content (AvgIpc) is 3.21. The molecule has 3 heterocycles. The number of hydrogen-bond acceptors (Lipinski definition) is 7. The van der Waals surface area contributed by atoms with Gasteiger partial charge in [-0.25, -0.2) is 19.3 Å². The summed E-state index contributed by atoms with van der Waals surface area (Å²) in [7, 11) is 0. The number of rotatable bonds is 5. The maximum atomic E-state index is 12.8.